The molecular formula is C14H22ClN3O. The first-order chi connectivity index (χ1) is 9.02. The lowest BCUT2D eigenvalue weighted by Crippen LogP contribution is -2.43. The van der Waals surface area contributed by atoms with Crippen LogP contribution in [0.15, 0.2) is 0 Å². The predicted octanol–water partition coefficient (Wildman–Crippen LogP) is 2.60. The van der Waals surface area contributed by atoms with Gasteiger partial charge in [-0.05, 0) is 25.7 Å². The largest absolute Gasteiger partial charge is 0.391 e. The van der Waals surface area contributed by atoms with Crippen molar-refractivity contribution in [3.63, 3.8) is 0 Å². The summed E-state index contributed by atoms with van der Waals surface area (Å²) in [7, 11) is 0. The van der Waals surface area contributed by atoms with Gasteiger partial charge in [-0.15, -0.1) is 0 Å². The first kappa shape index (κ1) is 14.5. The van der Waals surface area contributed by atoms with Gasteiger partial charge >= 0.3 is 0 Å². The number of aliphatic hydroxyl groups excluding tert-OH is 1. The zero-order chi connectivity index (χ0) is 14.0. The summed E-state index contributed by atoms with van der Waals surface area (Å²) in [5.41, 5.74) is 0.906. The minimum atomic E-state index is -0.295. The fraction of sp³-hybridized carbons (Fsp3) is 0.714. The van der Waals surface area contributed by atoms with E-state index in [9.17, 15) is 5.11 Å². The van der Waals surface area contributed by atoms with Gasteiger partial charge in [-0.3, -0.25) is 0 Å². The fourth-order valence-corrected chi connectivity index (χ4v) is 2.59. The van der Waals surface area contributed by atoms with Gasteiger partial charge in [0, 0.05) is 25.1 Å². The third-order valence-corrected chi connectivity index (χ3v) is 4.17. The van der Waals surface area contributed by atoms with E-state index in [1.165, 1.54) is 0 Å². The lowest BCUT2D eigenvalue weighted by atomic mass is 9.96. The van der Waals surface area contributed by atoms with Crippen molar-refractivity contribution in [3.8, 4) is 0 Å². The first-order valence-electron chi connectivity index (χ1n) is 6.99. The number of aromatic nitrogens is 2. The summed E-state index contributed by atoms with van der Waals surface area (Å²) < 4.78 is 0. The summed E-state index contributed by atoms with van der Waals surface area (Å²) in [5, 5.41) is 10.6. The Balaban J connectivity index is 2.28. The van der Waals surface area contributed by atoms with Gasteiger partial charge in [0.2, 0.25) is 0 Å². The van der Waals surface area contributed by atoms with Crippen LogP contribution in [0, 0.1) is 12.8 Å². The molecule has 1 aliphatic rings. The number of halogens is 1. The number of rotatable bonds is 3. The topological polar surface area (TPSA) is 49.2 Å². The SMILES string of the molecule is CCCc1nc(Cl)c(C)c(N2CCC(C)C(O)C2)n1. The van der Waals surface area contributed by atoms with Crippen molar-refractivity contribution in [2.75, 3.05) is 18.0 Å². The van der Waals surface area contributed by atoms with Crippen LogP contribution >= 0.6 is 11.6 Å². The van der Waals surface area contributed by atoms with E-state index in [4.69, 9.17) is 11.6 Å². The van der Waals surface area contributed by atoms with Crippen molar-refractivity contribution in [2.45, 2.75) is 46.1 Å². The number of piperidine rings is 1. The fourth-order valence-electron chi connectivity index (χ4n) is 2.41. The van der Waals surface area contributed by atoms with Crippen molar-refractivity contribution in [1.82, 2.24) is 9.97 Å². The summed E-state index contributed by atoms with van der Waals surface area (Å²) in [6.45, 7) is 7.67. The summed E-state index contributed by atoms with van der Waals surface area (Å²) in [5.74, 6) is 2.03. The number of aliphatic hydroxyl groups is 1. The maximum atomic E-state index is 10.0. The molecule has 2 atom stereocenters. The highest BCUT2D eigenvalue weighted by atomic mass is 35.5. The first-order valence-corrected chi connectivity index (χ1v) is 7.36. The minimum absolute atomic E-state index is 0.295. The van der Waals surface area contributed by atoms with Gasteiger partial charge in [-0.1, -0.05) is 25.4 Å². The van der Waals surface area contributed by atoms with Gasteiger partial charge in [-0.2, -0.15) is 0 Å². The van der Waals surface area contributed by atoms with E-state index in [2.05, 4.69) is 28.7 Å². The van der Waals surface area contributed by atoms with Crippen LogP contribution in [0.25, 0.3) is 0 Å². The Morgan fingerprint density at radius 1 is 1.42 bits per heavy atom. The normalized spacial score (nSPS) is 23.7. The van der Waals surface area contributed by atoms with Crippen molar-refractivity contribution >= 4 is 17.4 Å². The second kappa shape index (κ2) is 6.06. The standard InChI is InChI=1S/C14H22ClN3O/c1-4-5-12-16-13(15)10(3)14(17-12)18-7-6-9(2)11(19)8-18/h9,11,19H,4-8H2,1-3H3. The van der Waals surface area contributed by atoms with Crippen LogP contribution in [0.5, 0.6) is 0 Å². The minimum Gasteiger partial charge on any atom is -0.391 e. The van der Waals surface area contributed by atoms with Crippen LogP contribution in [0.2, 0.25) is 5.15 Å². The number of nitrogens with zero attached hydrogens (tertiary/aromatic N) is 3. The number of anilines is 1. The van der Waals surface area contributed by atoms with Gasteiger partial charge in [0.15, 0.2) is 0 Å². The molecule has 2 heterocycles. The smallest absolute Gasteiger partial charge is 0.137 e. The van der Waals surface area contributed by atoms with E-state index in [1.54, 1.807) is 0 Å². The summed E-state index contributed by atoms with van der Waals surface area (Å²) >= 11 is 6.20. The molecule has 5 heteroatoms. The van der Waals surface area contributed by atoms with E-state index < -0.39 is 0 Å². The molecule has 1 aliphatic heterocycles. The molecular weight excluding hydrogens is 262 g/mol. The molecule has 0 radical (unpaired) electrons. The number of hydrogen-bond donors (Lipinski definition) is 1. The highest BCUT2D eigenvalue weighted by Crippen LogP contribution is 2.28. The van der Waals surface area contributed by atoms with Gasteiger partial charge in [0.25, 0.3) is 0 Å². The summed E-state index contributed by atoms with van der Waals surface area (Å²) in [6.07, 6.45) is 2.51. The molecule has 0 saturated carbocycles. The second-order valence-corrected chi connectivity index (χ2v) is 5.77. The highest BCUT2D eigenvalue weighted by Gasteiger charge is 2.26. The van der Waals surface area contributed by atoms with E-state index in [1.807, 2.05) is 6.92 Å². The van der Waals surface area contributed by atoms with Crippen molar-refractivity contribution in [3.05, 3.63) is 16.5 Å². The molecule has 0 bridgehead atoms. The van der Waals surface area contributed by atoms with E-state index in [0.29, 0.717) is 17.6 Å². The molecule has 2 unspecified atom stereocenters. The molecule has 4 nitrogen and oxygen atoms in total. The van der Waals surface area contributed by atoms with Gasteiger partial charge < -0.3 is 10.0 Å². The van der Waals surface area contributed by atoms with Gasteiger partial charge in [-0.25, -0.2) is 9.97 Å². The maximum absolute atomic E-state index is 10.0. The van der Waals surface area contributed by atoms with Crippen LogP contribution in [-0.4, -0.2) is 34.3 Å². The Bertz CT molecular complexity index is 453. The lowest BCUT2D eigenvalue weighted by molar-refractivity contribution is 0.102. The summed E-state index contributed by atoms with van der Waals surface area (Å²) in [4.78, 5) is 11.1. The van der Waals surface area contributed by atoms with Crippen LogP contribution in [0.3, 0.4) is 0 Å². The zero-order valence-corrected chi connectivity index (χ0v) is 12.6. The van der Waals surface area contributed by atoms with Crippen LogP contribution in [0.1, 0.15) is 38.1 Å². The highest BCUT2D eigenvalue weighted by molar-refractivity contribution is 6.30. The Hall–Kier alpha value is -0.870. The van der Waals surface area contributed by atoms with Crippen LogP contribution in [-0.2, 0) is 6.42 Å². The molecule has 106 valence electrons. The third kappa shape index (κ3) is 3.18. The second-order valence-electron chi connectivity index (χ2n) is 5.41. The molecule has 0 aliphatic carbocycles. The quantitative estimate of drug-likeness (QED) is 0.867. The van der Waals surface area contributed by atoms with Crippen molar-refractivity contribution in [1.29, 1.82) is 0 Å². The molecule has 19 heavy (non-hydrogen) atoms. The molecule has 0 amide bonds. The van der Waals surface area contributed by atoms with Crippen molar-refractivity contribution in [2.24, 2.45) is 5.92 Å². The Kier molecular flexibility index (Phi) is 4.63. The molecule has 0 spiro atoms. The molecule has 0 aromatic carbocycles. The van der Waals surface area contributed by atoms with E-state index in [-0.39, 0.29) is 6.10 Å². The zero-order valence-electron chi connectivity index (χ0n) is 11.9. The number of hydrogen-bond acceptors (Lipinski definition) is 4. The van der Waals surface area contributed by atoms with E-state index >= 15 is 0 Å². The molecule has 1 aromatic rings. The summed E-state index contributed by atoms with van der Waals surface area (Å²) in [6, 6.07) is 0. The number of aryl methyl sites for hydroxylation is 1. The molecule has 1 fully saturated rings. The lowest BCUT2D eigenvalue weighted by Gasteiger charge is -2.35. The Morgan fingerprint density at radius 2 is 2.16 bits per heavy atom. The van der Waals surface area contributed by atoms with Crippen LogP contribution in [0.4, 0.5) is 5.82 Å². The number of β-amino-alcohol motifs (C(OH)–C–C–N with tert-alkyl or cyclic N) is 1. The van der Waals surface area contributed by atoms with Crippen molar-refractivity contribution < 1.29 is 5.11 Å². The average Bonchev–Trinajstić information content (AvgIpc) is 2.37. The van der Waals surface area contributed by atoms with Gasteiger partial charge in [0.1, 0.15) is 16.8 Å². The van der Waals surface area contributed by atoms with Gasteiger partial charge in [0.05, 0.1) is 6.10 Å². The van der Waals surface area contributed by atoms with E-state index in [0.717, 1.165) is 43.0 Å². The Labute approximate surface area is 119 Å². The molecule has 1 N–H and O–H groups in total. The maximum Gasteiger partial charge on any atom is 0.137 e. The molecule has 1 aromatic heterocycles. The Morgan fingerprint density at radius 3 is 2.79 bits per heavy atom. The van der Waals surface area contributed by atoms with Crippen LogP contribution < -0.4 is 4.90 Å². The molecule has 1 saturated heterocycles. The molecule has 2 rings (SSSR count). The average molecular weight is 284 g/mol. The predicted molar refractivity (Wildman–Crippen MR) is 77.8 cm³/mol. The third-order valence-electron chi connectivity index (χ3n) is 3.80. The monoisotopic (exact) mass is 283 g/mol.